The van der Waals surface area contributed by atoms with Crippen LogP contribution in [0.25, 0.3) is 0 Å². The van der Waals surface area contributed by atoms with E-state index >= 15 is 0 Å². The second-order valence-electron chi connectivity index (χ2n) is 4.34. The SMILES string of the molecule is N#Cc1cc(NCCCOCC2CC2)ccn1. The summed E-state index contributed by atoms with van der Waals surface area (Å²) in [7, 11) is 0. The summed E-state index contributed by atoms with van der Waals surface area (Å²) in [5.74, 6) is 0.835. The van der Waals surface area contributed by atoms with Crippen LogP contribution in [0.3, 0.4) is 0 Å². The molecule has 1 aromatic rings. The van der Waals surface area contributed by atoms with Gasteiger partial charge in [0.25, 0.3) is 0 Å². The van der Waals surface area contributed by atoms with Crippen molar-refractivity contribution in [2.45, 2.75) is 19.3 Å². The summed E-state index contributed by atoms with van der Waals surface area (Å²) in [6.45, 7) is 2.59. The summed E-state index contributed by atoms with van der Waals surface area (Å²) >= 11 is 0. The molecule has 0 radical (unpaired) electrons. The molecule has 1 saturated carbocycles. The molecule has 0 atom stereocenters. The van der Waals surface area contributed by atoms with Crippen molar-refractivity contribution in [2.24, 2.45) is 5.92 Å². The van der Waals surface area contributed by atoms with Gasteiger partial charge in [-0.1, -0.05) is 0 Å². The Kier molecular flexibility index (Phi) is 4.34. The highest BCUT2D eigenvalue weighted by molar-refractivity contribution is 5.45. The molecule has 1 aromatic heterocycles. The minimum Gasteiger partial charge on any atom is -0.385 e. The van der Waals surface area contributed by atoms with Gasteiger partial charge in [0.1, 0.15) is 11.8 Å². The predicted octanol–water partition coefficient (Wildman–Crippen LogP) is 2.18. The fraction of sp³-hybridized carbons (Fsp3) is 0.538. The maximum Gasteiger partial charge on any atom is 0.142 e. The van der Waals surface area contributed by atoms with E-state index in [0.717, 1.165) is 37.8 Å². The second-order valence-corrected chi connectivity index (χ2v) is 4.34. The molecule has 4 nitrogen and oxygen atoms in total. The Hall–Kier alpha value is -1.60. The summed E-state index contributed by atoms with van der Waals surface area (Å²) < 4.78 is 5.54. The van der Waals surface area contributed by atoms with Crippen molar-refractivity contribution >= 4 is 5.69 Å². The molecule has 1 aliphatic rings. The number of ether oxygens (including phenoxy) is 1. The van der Waals surface area contributed by atoms with Crippen molar-refractivity contribution in [1.29, 1.82) is 5.26 Å². The summed E-state index contributed by atoms with van der Waals surface area (Å²) in [6, 6.07) is 5.64. The Labute approximate surface area is 102 Å². The van der Waals surface area contributed by atoms with Crippen LogP contribution in [0.15, 0.2) is 18.3 Å². The number of nitrogens with one attached hydrogen (secondary N) is 1. The molecule has 2 rings (SSSR count). The van der Waals surface area contributed by atoms with Gasteiger partial charge in [-0.2, -0.15) is 5.26 Å². The number of rotatable bonds is 7. The first-order chi connectivity index (χ1) is 8.38. The number of hydrogen-bond acceptors (Lipinski definition) is 4. The molecule has 1 aliphatic carbocycles. The zero-order chi connectivity index (χ0) is 11.9. The van der Waals surface area contributed by atoms with E-state index in [1.54, 1.807) is 12.3 Å². The molecule has 0 unspecified atom stereocenters. The molecule has 90 valence electrons. The van der Waals surface area contributed by atoms with Gasteiger partial charge < -0.3 is 10.1 Å². The molecule has 17 heavy (non-hydrogen) atoms. The average Bonchev–Trinajstić information content (AvgIpc) is 3.18. The van der Waals surface area contributed by atoms with E-state index < -0.39 is 0 Å². The summed E-state index contributed by atoms with van der Waals surface area (Å²) in [6.07, 6.45) is 5.31. The molecule has 0 aliphatic heterocycles. The van der Waals surface area contributed by atoms with Gasteiger partial charge in [-0.15, -0.1) is 0 Å². The lowest BCUT2D eigenvalue weighted by molar-refractivity contribution is 0.124. The number of pyridine rings is 1. The van der Waals surface area contributed by atoms with E-state index in [4.69, 9.17) is 10.00 Å². The zero-order valence-electron chi connectivity index (χ0n) is 9.85. The van der Waals surface area contributed by atoms with Gasteiger partial charge in [0.15, 0.2) is 0 Å². The van der Waals surface area contributed by atoms with Gasteiger partial charge in [0.05, 0.1) is 0 Å². The molecular weight excluding hydrogens is 214 g/mol. The first kappa shape index (κ1) is 11.9. The molecule has 1 heterocycles. The number of anilines is 1. The number of aromatic nitrogens is 1. The smallest absolute Gasteiger partial charge is 0.142 e. The molecular formula is C13H17N3O. The fourth-order valence-electron chi connectivity index (χ4n) is 1.54. The molecule has 4 heteroatoms. The van der Waals surface area contributed by atoms with Gasteiger partial charge in [-0.3, -0.25) is 0 Å². The first-order valence-electron chi connectivity index (χ1n) is 6.06. The molecule has 0 aromatic carbocycles. The number of nitrogens with zero attached hydrogens (tertiary/aromatic N) is 2. The van der Waals surface area contributed by atoms with E-state index in [9.17, 15) is 0 Å². The zero-order valence-corrected chi connectivity index (χ0v) is 9.85. The maximum absolute atomic E-state index is 8.70. The number of hydrogen-bond donors (Lipinski definition) is 1. The van der Waals surface area contributed by atoms with E-state index in [0.29, 0.717) is 5.69 Å². The highest BCUT2D eigenvalue weighted by Crippen LogP contribution is 2.28. The summed E-state index contributed by atoms with van der Waals surface area (Å²) in [5, 5.41) is 12.0. The van der Waals surface area contributed by atoms with Crippen LogP contribution in [0.5, 0.6) is 0 Å². The van der Waals surface area contributed by atoms with Crippen molar-refractivity contribution in [3.63, 3.8) is 0 Å². The Balaban J connectivity index is 1.58. The van der Waals surface area contributed by atoms with Gasteiger partial charge in [0.2, 0.25) is 0 Å². The number of nitriles is 1. The molecule has 0 bridgehead atoms. The molecule has 1 N–H and O–H groups in total. The lowest BCUT2D eigenvalue weighted by Crippen LogP contribution is -2.07. The second kappa shape index (κ2) is 6.21. The fourth-order valence-corrected chi connectivity index (χ4v) is 1.54. The minimum atomic E-state index is 0.444. The molecule has 0 spiro atoms. The van der Waals surface area contributed by atoms with Gasteiger partial charge in [-0.05, 0) is 37.3 Å². The highest BCUT2D eigenvalue weighted by Gasteiger charge is 2.20. The molecule has 0 amide bonds. The molecule has 1 fully saturated rings. The quantitative estimate of drug-likeness (QED) is 0.731. The first-order valence-corrected chi connectivity index (χ1v) is 6.06. The van der Waals surface area contributed by atoms with Crippen LogP contribution in [-0.4, -0.2) is 24.7 Å². The van der Waals surface area contributed by atoms with Crippen LogP contribution in [0.2, 0.25) is 0 Å². The topological polar surface area (TPSA) is 57.9 Å². The van der Waals surface area contributed by atoms with Crippen molar-refractivity contribution in [3.8, 4) is 6.07 Å². The van der Waals surface area contributed by atoms with E-state index in [-0.39, 0.29) is 0 Å². The van der Waals surface area contributed by atoms with E-state index in [1.807, 2.05) is 12.1 Å². The third-order valence-electron chi connectivity index (χ3n) is 2.72. The summed E-state index contributed by atoms with van der Waals surface area (Å²) in [4.78, 5) is 3.92. The lowest BCUT2D eigenvalue weighted by atomic mass is 10.3. The van der Waals surface area contributed by atoms with Crippen LogP contribution in [0, 0.1) is 17.2 Å². The highest BCUT2D eigenvalue weighted by atomic mass is 16.5. The summed E-state index contributed by atoms with van der Waals surface area (Å²) in [5.41, 5.74) is 1.39. The van der Waals surface area contributed by atoms with Crippen molar-refractivity contribution in [1.82, 2.24) is 4.98 Å². The third kappa shape index (κ3) is 4.41. The van der Waals surface area contributed by atoms with Crippen LogP contribution >= 0.6 is 0 Å². The van der Waals surface area contributed by atoms with Crippen molar-refractivity contribution < 1.29 is 4.74 Å². The lowest BCUT2D eigenvalue weighted by Gasteiger charge is -2.06. The maximum atomic E-state index is 8.70. The Bertz CT molecular complexity index is 396. The average molecular weight is 231 g/mol. The van der Waals surface area contributed by atoms with Crippen molar-refractivity contribution in [2.75, 3.05) is 25.1 Å². The largest absolute Gasteiger partial charge is 0.385 e. The van der Waals surface area contributed by atoms with Crippen LogP contribution in [0.4, 0.5) is 5.69 Å². The minimum absolute atomic E-state index is 0.444. The van der Waals surface area contributed by atoms with Gasteiger partial charge in [0, 0.05) is 31.6 Å². The third-order valence-corrected chi connectivity index (χ3v) is 2.72. The van der Waals surface area contributed by atoms with Crippen LogP contribution in [-0.2, 0) is 4.74 Å². The normalized spacial score (nSPS) is 14.3. The van der Waals surface area contributed by atoms with E-state index in [1.165, 1.54) is 12.8 Å². The van der Waals surface area contributed by atoms with Crippen molar-refractivity contribution in [3.05, 3.63) is 24.0 Å². The Morgan fingerprint density at radius 2 is 2.41 bits per heavy atom. The predicted molar refractivity (Wildman–Crippen MR) is 65.6 cm³/mol. The standard InChI is InChI=1S/C13H17N3O/c14-9-13-8-12(4-6-16-13)15-5-1-7-17-10-11-2-3-11/h4,6,8,11H,1-3,5,7,10H2,(H,15,16). The molecule has 0 saturated heterocycles. The monoisotopic (exact) mass is 231 g/mol. The Morgan fingerprint density at radius 3 is 3.18 bits per heavy atom. The van der Waals surface area contributed by atoms with Gasteiger partial charge >= 0.3 is 0 Å². The van der Waals surface area contributed by atoms with E-state index in [2.05, 4.69) is 10.3 Å². The van der Waals surface area contributed by atoms with Gasteiger partial charge in [-0.25, -0.2) is 4.98 Å². The van der Waals surface area contributed by atoms with Crippen LogP contribution < -0.4 is 5.32 Å². The Morgan fingerprint density at radius 1 is 1.53 bits per heavy atom. The van der Waals surface area contributed by atoms with Crippen LogP contribution in [0.1, 0.15) is 25.0 Å².